The topological polar surface area (TPSA) is 110 Å². The number of carbonyl (C=O) groups excluding carboxylic acids is 1. The van der Waals surface area contributed by atoms with Crippen molar-refractivity contribution in [3.8, 4) is 0 Å². The van der Waals surface area contributed by atoms with E-state index in [1.807, 2.05) is 6.92 Å². The molecule has 0 saturated heterocycles. The molecule has 1 aromatic rings. The van der Waals surface area contributed by atoms with Gasteiger partial charge in [0.15, 0.2) is 0 Å². The molecule has 1 aromatic carbocycles. The third kappa shape index (κ3) is 3.92. The van der Waals surface area contributed by atoms with Crippen molar-refractivity contribution in [3.63, 3.8) is 0 Å². The highest BCUT2D eigenvalue weighted by atomic mass is 16.6. The SMILES string of the molecule is CCC(N)CNc1ccc(C(=O)NC)cc1[N+](=O)[O-]. The van der Waals surface area contributed by atoms with Crippen LogP contribution in [0.3, 0.4) is 0 Å². The quantitative estimate of drug-likeness (QED) is 0.527. The second-order valence-corrected chi connectivity index (χ2v) is 4.12. The van der Waals surface area contributed by atoms with Crippen LogP contribution in [0.15, 0.2) is 18.2 Å². The molecule has 7 heteroatoms. The van der Waals surface area contributed by atoms with Crippen LogP contribution in [0, 0.1) is 10.1 Å². The highest BCUT2D eigenvalue weighted by Gasteiger charge is 2.17. The molecule has 0 radical (unpaired) electrons. The predicted molar refractivity (Wildman–Crippen MR) is 73.2 cm³/mol. The summed E-state index contributed by atoms with van der Waals surface area (Å²) in [6.45, 7) is 2.38. The molecule has 0 saturated carbocycles. The number of hydrogen-bond acceptors (Lipinski definition) is 5. The fraction of sp³-hybridized carbons (Fsp3) is 0.417. The molecule has 1 unspecified atom stereocenters. The van der Waals surface area contributed by atoms with Gasteiger partial charge in [0, 0.05) is 31.3 Å². The molecule has 0 spiro atoms. The minimum absolute atomic E-state index is 0.0711. The van der Waals surface area contributed by atoms with Crippen LogP contribution in [-0.2, 0) is 0 Å². The zero-order valence-electron chi connectivity index (χ0n) is 11.0. The Balaban J connectivity index is 2.98. The summed E-state index contributed by atoms with van der Waals surface area (Å²) in [6, 6.07) is 4.23. The van der Waals surface area contributed by atoms with Crippen molar-refractivity contribution in [1.82, 2.24) is 5.32 Å². The molecule has 1 amide bonds. The number of nitrogens with one attached hydrogen (secondary N) is 2. The Hall–Kier alpha value is -2.15. The zero-order valence-corrected chi connectivity index (χ0v) is 11.0. The average molecular weight is 266 g/mol. The molecular weight excluding hydrogens is 248 g/mol. The van der Waals surface area contributed by atoms with E-state index < -0.39 is 4.92 Å². The van der Waals surface area contributed by atoms with Gasteiger partial charge in [-0.25, -0.2) is 0 Å². The summed E-state index contributed by atoms with van der Waals surface area (Å²) in [5, 5.41) is 16.4. The van der Waals surface area contributed by atoms with Gasteiger partial charge < -0.3 is 16.4 Å². The van der Waals surface area contributed by atoms with Crippen LogP contribution in [0.2, 0.25) is 0 Å². The molecule has 0 aliphatic heterocycles. The third-order valence-electron chi connectivity index (χ3n) is 2.76. The Kier molecular flexibility index (Phi) is 5.25. The summed E-state index contributed by atoms with van der Waals surface area (Å²) in [5.74, 6) is -0.361. The van der Waals surface area contributed by atoms with E-state index in [9.17, 15) is 14.9 Å². The number of nitrogens with two attached hydrogens (primary N) is 1. The van der Waals surface area contributed by atoms with Crippen molar-refractivity contribution in [3.05, 3.63) is 33.9 Å². The lowest BCUT2D eigenvalue weighted by Gasteiger charge is -2.12. The van der Waals surface area contributed by atoms with Crippen LogP contribution in [0.5, 0.6) is 0 Å². The van der Waals surface area contributed by atoms with Crippen LogP contribution in [0.1, 0.15) is 23.7 Å². The molecule has 19 heavy (non-hydrogen) atoms. The van der Waals surface area contributed by atoms with E-state index in [0.29, 0.717) is 12.2 Å². The number of benzene rings is 1. The maximum atomic E-state index is 11.4. The Morgan fingerprint density at radius 1 is 1.53 bits per heavy atom. The molecule has 7 nitrogen and oxygen atoms in total. The summed E-state index contributed by atoms with van der Waals surface area (Å²) < 4.78 is 0. The molecule has 4 N–H and O–H groups in total. The summed E-state index contributed by atoms with van der Waals surface area (Å²) >= 11 is 0. The number of nitro groups is 1. The lowest BCUT2D eigenvalue weighted by Crippen LogP contribution is -2.28. The van der Waals surface area contributed by atoms with E-state index in [4.69, 9.17) is 5.73 Å². The molecular formula is C12H18N4O3. The maximum absolute atomic E-state index is 11.4. The first-order valence-corrected chi connectivity index (χ1v) is 5.99. The van der Waals surface area contributed by atoms with Crippen LogP contribution < -0.4 is 16.4 Å². The van der Waals surface area contributed by atoms with Gasteiger partial charge in [0.2, 0.25) is 0 Å². The Bertz CT molecular complexity index is 476. The van der Waals surface area contributed by atoms with Crippen molar-refractivity contribution < 1.29 is 9.72 Å². The van der Waals surface area contributed by atoms with Gasteiger partial charge in [0.05, 0.1) is 4.92 Å². The molecule has 0 fully saturated rings. The van der Waals surface area contributed by atoms with E-state index in [1.165, 1.54) is 25.2 Å². The molecule has 0 aromatic heterocycles. The Morgan fingerprint density at radius 3 is 2.74 bits per heavy atom. The van der Waals surface area contributed by atoms with E-state index in [2.05, 4.69) is 10.6 Å². The van der Waals surface area contributed by atoms with Crippen LogP contribution in [0.4, 0.5) is 11.4 Å². The number of hydrogen-bond donors (Lipinski definition) is 3. The molecule has 0 aliphatic rings. The van der Waals surface area contributed by atoms with Gasteiger partial charge in [0.1, 0.15) is 5.69 Å². The molecule has 1 atom stereocenters. The van der Waals surface area contributed by atoms with Gasteiger partial charge >= 0.3 is 0 Å². The Morgan fingerprint density at radius 2 is 2.21 bits per heavy atom. The number of carbonyl (C=O) groups is 1. The number of rotatable bonds is 6. The smallest absolute Gasteiger partial charge is 0.293 e. The number of nitrogens with zero attached hydrogens (tertiary/aromatic N) is 1. The van der Waals surface area contributed by atoms with Gasteiger partial charge in [-0.05, 0) is 18.6 Å². The summed E-state index contributed by atoms with van der Waals surface area (Å²) in [7, 11) is 1.47. The third-order valence-corrected chi connectivity index (χ3v) is 2.76. The largest absolute Gasteiger partial charge is 0.378 e. The molecule has 0 aliphatic carbocycles. The lowest BCUT2D eigenvalue weighted by atomic mass is 10.1. The molecule has 1 rings (SSSR count). The second kappa shape index (κ2) is 6.69. The minimum atomic E-state index is -0.522. The van der Waals surface area contributed by atoms with E-state index in [0.717, 1.165) is 6.42 Å². The lowest BCUT2D eigenvalue weighted by molar-refractivity contribution is -0.384. The van der Waals surface area contributed by atoms with Crippen molar-refractivity contribution in [2.24, 2.45) is 5.73 Å². The molecule has 0 heterocycles. The number of nitro benzene ring substituents is 1. The second-order valence-electron chi connectivity index (χ2n) is 4.12. The minimum Gasteiger partial charge on any atom is -0.378 e. The van der Waals surface area contributed by atoms with E-state index in [-0.39, 0.29) is 23.2 Å². The van der Waals surface area contributed by atoms with Gasteiger partial charge in [-0.3, -0.25) is 14.9 Å². The first kappa shape index (κ1) is 14.9. The normalized spacial score (nSPS) is 11.7. The maximum Gasteiger partial charge on any atom is 0.293 e. The monoisotopic (exact) mass is 266 g/mol. The highest BCUT2D eigenvalue weighted by Crippen LogP contribution is 2.25. The van der Waals surface area contributed by atoms with Crippen LogP contribution >= 0.6 is 0 Å². The zero-order chi connectivity index (χ0) is 14.4. The van der Waals surface area contributed by atoms with Gasteiger partial charge in [-0.2, -0.15) is 0 Å². The van der Waals surface area contributed by atoms with Crippen molar-refractivity contribution in [2.45, 2.75) is 19.4 Å². The van der Waals surface area contributed by atoms with Crippen molar-refractivity contribution in [2.75, 3.05) is 18.9 Å². The Labute approximate surface area is 111 Å². The van der Waals surface area contributed by atoms with Gasteiger partial charge in [0.25, 0.3) is 11.6 Å². The van der Waals surface area contributed by atoms with E-state index in [1.54, 1.807) is 0 Å². The fourth-order valence-corrected chi connectivity index (χ4v) is 1.50. The van der Waals surface area contributed by atoms with Crippen molar-refractivity contribution in [1.29, 1.82) is 0 Å². The predicted octanol–water partition coefficient (Wildman–Crippen LogP) is 1.10. The van der Waals surface area contributed by atoms with Gasteiger partial charge in [-0.15, -0.1) is 0 Å². The highest BCUT2D eigenvalue weighted by molar-refractivity contribution is 5.95. The van der Waals surface area contributed by atoms with Gasteiger partial charge in [-0.1, -0.05) is 6.92 Å². The average Bonchev–Trinajstić information content (AvgIpc) is 2.43. The first-order valence-electron chi connectivity index (χ1n) is 5.99. The van der Waals surface area contributed by atoms with Crippen LogP contribution in [0.25, 0.3) is 0 Å². The van der Waals surface area contributed by atoms with E-state index >= 15 is 0 Å². The summed E-state index contributed by atoms with van der Waals surface area (Å²) in [5.41, 5.74) is 6.23. The standard InChI is InChI=1S/C12H18N4O3/c1-3-9(13)7-15-10-5-4-8(12(17)14-2)6-11(10)16(18)19/h4-6,9,15H,3,7,13H2,1-2H3,(H,14,17). The molecule has 0 bridgehead atoms. The first-order chi connectivity index (χ1) is 8.99. The number of anilines is 1. The van der Waals surface area contributed by atoms with Crippen molar-refractivity contribution >= 4 is 17.3 Å². The molecule has 104 valence electrons. The fourth-order valence-electron chi connectivity index (χ4n) is 1.50. The summed E-state index contributed by atoms with van der Waals surface area (Å²) in [4.78, 5) is 21.9. The number of amides is 1. The summed E-state index contributed by atoms with van der Waals surface area (Å²) in [6.07, 6.45) is 0.775. The van der Waals surface area contributed by atoms with Crippen LogP contribution in [-0.4, -0.2) is 30.5 Å².